The van der Waals surface area contributed by atoms with E-state index in [0.717, 1.165) is 27.6 Å². The molecular weight excluding hydrogens is 395 g/mol. The second kappa shape index (κ2) is 8.44. The summed E-state index contributed by atoms with van der Waals surface area (Å²) in [5, 5.41) is 4.57. The fourth-order valence-corrected chi connectivity index (χ4v) is 3.15. The van der Waals surface area contributed by atoms with Crippen molar-refractivity contribution in [1.29, 1.82) is 0 Å². The molecule has 1 amide bonds. The molecule has 0 saturated carbocycles. The van der Waals surface area contributed by atoms with Gasteiger partial charge in [-0.2, -0.15) is 0 Å². The predicted octanol–water partition coefficient (Wildman–Crippen LogP) is 2.96. The van der Waals surface area contributed by atoms with Crippen LogP contribution in [0.25, 0.3) is 10.8 Å². The number of nitrogens with one attached hydrogen (secondary N) is 2. The van der Waals surface area contributed by atoms with Gasteiger partial charge in [0.25, 0.3) is 5.91 Å². The number of hydrogen-bond acceptors (Lipinski definition) is 5. The molecule has 6 nitrogen and oxygen atoms in total. The number of carbonyl (C=O) groups is 1. The molecule has 28 heavy (non-hydrogen) atoms. The number of benzene rings is 1. The van der Waals surface area contributed by atoms with Gasteiger partial charge in [0.05, 0.1) is 11.9 Å². The monoisotopic (exact) mass is 412 g/mol. The third-order valence-corrected chi connectivity index (χ3v) is 4.46. The molecule has 0 radical (unpaired) electrons. The highest BCUT2D eigenvalue weighted by Crippen LogP contribution is 2.24. The molecule has 1 aromatic carbocycles. The van der Waals surface area contributed by atoms with E-state index in [0.29, 0.717) is 18.1 Å². The number of quaternary nitrogens is 1. The summed E-state index contributed by atoms with van der Waals surface area (Å²) < 4.78 is 45.7. The lowest BCUT2D eigenvalue weighted by Crippen LogP contribution is -3.08. The number of hydrogen-bond donors (Lipinski definition) is 2. The first kappa shape index (κ1) is 19.9. The molecule has 3 rings (SSSR count). The van der Waals surface area contributed by atoms with Crippen molar-refractivity contribution in [1.82, 2.24) is 4.98 Å². The summed E-state index contributed by atoms with van der Waals surface area (Å²) in [6, 6.07) is 8.80. The molecule has 2 N–H and O–H groups in total. The summed E-state index contributed by atoms with van der Waals surface area (Å²) >= 11 is 1.53. The minimum Gasteiger partial charge on any atom is -0.443 e. The number of amides is 1. The van der Waals surface area contributed by atoms with Gasteiger partial charge in [-0.3, -0.25) is 4.79 Å². The first-order chi connectivity index (χ1) is 13.3. The number of anilines is 1. The van der Waals surface area contributed by atoms with Gasteiger partial charge < -0.3 is 19.4 Å². The van der Waals surface area contributed by atoms with Crippen LogP contribution in [-0.2, 0) is 11.3 Å². The molecule has 2 aromatic heterocycles. The lowest BCUT2D eigenvalue weighted by Gasteiger charge is -2.13. The fraction of sp³-hybridized carbons (Fsp3) is 0.222. The van der Waals surface area contributed by atoms with Crippen LogP contribution < -0.4 is 15.0 Å². The highest BCUT2D eigenvalue weighted by Gasteiger charge is 2.31. The predicted molar refractivity (Wildman–Crippen MR) is 97.0 cm³/mol. The summed E-state index contributed by atoms with van der Waals surface area (Å²) in [5.41, 5.74) is 1.11. The molecule has 0 aliphatic heterocycles. The fourth-order valence-electron chi connectivity index (χ4n) is 2.49. The van der Waals surface area contributed by atoms with Gasteiger partial charge in [0.1, 0.15) is 24.3 Å². The molecule has 2 heterocycles. The summed E-state index contributed by atoms with van der Waals surface area (Å²) in [6.07, 6.45) is -3.18. The zero-order valence-corrected chi connectivity index (χ0v) is 15.6. The van der Waals surface area contributed by atoms with Crippen LogP contribution in [0, 0.1) is 0 Å². The van der Waals surface area contributed by atoms with E-state index < -0.39 is 6.36 Å². The van der Waals surface area contributed by atoms with Crippen LogP contribution in [0.3, 0.4) is 0 Å². The number of alkyl halides is 3. The smallest absolute Gasteiger partial charge is 0.443 e. The summed E-state index contributed by atoms with van der Waals surface area (Å²) in [5.74, 6) is -0.0757. The van der Waals surface area contributed by atoms with Gasteiger partial charge in [0.15, 0.2) is 6.54 Å². The maximum absolute atomic E-state index is 12.1. The average Bonchev–Trinajstić information content (AvgIpc) is 3.26. The van der Waals surface area contributed by atoms with Crippen molar-refractivity contribution in [2.75, 3.05) is 18.9 Å². The number of halogens is 3. The number of oxazole rings is 1. The number of ether oxygens (including phenoxy) is 1. The molecule has 0 spiro atoms. The molecule has 0 saturated heterocycles. The van der Waals surface area contributed by atoms with Crippen molar-refractivity contribution < 1.29 is 32.0 Å². The van der Waals surface area contributed by atoms with Crippen LogP contribution in [0.1, 0.15) is 5.69 Å². The SMILES string of the molecule is C[NH+](CC(=O)Nc1ccc(OC(F)(F)F)cc1)Cc1coc(-c2cccs2)n1. The van der Waals surface area contributed by atoms with E-state index >= 15 is 0 Å². The maximum Gasteiger partial charge on any atom is 0.573 e. The van der Waals surface area contributed by atoms with E-state index in [1.807, 2.05) is 24.6 Å². The van der Waals surface area contributed by atoms with Crippen LogP contribution in [0.5, 0.6) is 5.75 Å². The lowest BCUT2D eigenvalue weighted by molar-refractivity contribution is -0.885. The summed E-state index contributed by atoms with van der Waals surface area (Å²) in [7, 11) is 1.83. The normalized spacial score (nSPS) is 12.6. The van der Waals surface area contributed by atoms with Crippen LogP contribution >= 0.6 is 11.3 Å². The number of aromatic nitrogens is 1. The molecule has 0 bridgehead atoms. The Morgan fingerprint density at radius 1 is 1.29 bits per heavy atom. The Morgan fingerprint density at radius 2 is 2.04 bits per heavy atom. The standard InChI is InChI=1S/C18H16F3N3O3S/c1-24(9-13-11-26-17(23-13)15-3-2-8-28-15)10-16(25)22-12-4-6-14(7-5-12)27-18(19,20)21/h2-8,11H,9-10H2,1H3,(H,22,25)/p+1. The highest BCUT2D eigenvalue weighted by molar-refractivity contribution is 7.13. The van der Waals surface area contributed by atoms with Crippen LogP contribution in [0.2, 0.25) is 0 Å². The number of thiophene rings is 1. The van der Waals surface area contributed by atoms with Gasteiger partial charge >= 0.3 is 6.36 Å². The topological polar surface area (TPSA) is 68.8 Å². The molecule has 148 valence electrons. The van der Waals surface area contributed by atoms with Gasteiger partial charge in [-0.1, -0.05) is 6.07 Å². The Labute approximate surface area is 162 Å². The molecule has 0 aliphatic carbocycles. The maximum atomic E-state index is 12.1. The third kappa shape index (κ3) is 5.83. The molecule has 3 aromatic rings. The van der Waals surface area contributed by atoms with E-state index in [4.69, 9.17) is 4.42 Å². The van der Waals surface area contributed by atoms with Gasteiger partial charge in [-0.05, 0) is 35.7 Å². The van der Waals surface area contributed by atoms with Gasteiger partial charge in [-0.25, -0.2) is 4.98 Å². The van der Waals surface area contributed by atoms with Crippen molar-refractivity contribution in [2.45, 2.75) is 12.9 Å². The third-order valence-electron chi connectivity index (χ3n) is 3.60. The van der Waals surface area contributed by atoms with Crippen molar-refractivity contribution in [3.8, 4) is 16.5 Å². The largest absolute Gasteiger partial charge is 0.573 e. The van der Waals surface area contributed by atoms with Crippen molar-refractivity contribution in [3.63, 3.8) is 0 Å². The summed E-state index contributed by atoms with van der Waals surface area (Å²) in [4.78, 5) is 18.3. The highest BCUT2D eigenvalue weighted by atomic mass is 32.1. The second-order valence-electron chi connectivity index (χ2n) is 6.05. The Morgan fingerprint density at radius 3 is 2.68 bits per heavy atom. The van der Waals surface area contributed by atoms with E-state index in [-0.39, 0.29) is 18.2 Å². The van der Waals surface area contributed by atoms with Crippen LogP contribution in [0.4, 0.5) is 18.9 Å². The molecular formula is C18H17F3N3O3S+. The van der Waals surface area contributed by atoms with E-state index in [1.54, 1.807) is 6.26 Å². The van der Waals surface area contributed by atoms with E-state index in [1.165, 1.54) is 23.5 Å². The Balaban J connectivity index is 1.49. The first-order valence-electron chi connectivity index (χ1n) is 8.24. The zero-order valence-electron chi connectivity index (χ0n) is 14.7. The van der Waals surface area contributed by atoms with Crippen LogP contribution in [-0.4, -0.2) is 30.8 Å². The Hall–Kier alpha value is -2.85. The number of rotatable bonds is 7. The number of nitrogens with zero attached hydrogens (tertiary/aromatic N) is 1. The van der Waals surface area contributed by atoms with Crippen LogP contribution in [0.15, 0.2) is 52.5 Å². The van der Waals surface area contributed by atoms with E-state index in [2.05, 4.69) is 15.0 Å². The van der Waals surface area contributed by atoms with Gasteiger partial charge in [-0.15, -0.1) is 24.5 Å². The number of likely N-dealkylation sites (N-methyl/N-ethyl adjacent to an activating group) is 1. The number of carbonyl (C=O) groups excluding carboxylic acids is 1. The average molecular weight is 412 g/mol. The second-order valence-corrected chi connectivity index (χ2v) is 7.00. The molecule has 1 atom stereocenters. The minimum atomic E-state index is -4.75. The van der Waals surface area contributed by atoms with Crippen molar-refractivity contribution >= 4 is 22.9 Å². The first-order valence-corrected chi connectivity index (χ1v) is 9.12. The molecule has 1 unspecified atom stereocenters. The Bertz CT molecular complexity index is 908. The minimum absolute atomic E-state index is 0.155. The zero-order chi connectivity index (χ0) is 20.1. The van der Waals surface area contributed by atoms with Crippen molar-refractivity contribution in [3.05, 3.63) is 53.7 Å². The summed E-state index contributed by atoms with van der Waals surface area (Å²) in [6.45, 7) is 0.642. The van der Waals surface area contributed by atoms with Gasteiger partial charge in [0.2, 0.25) is 5.89 Å². The molecule has 10 heteroatoms. The molecule has 0 fully saturated rings. The molecule has 0 aliphatic rings. The lowest BCUT2D eigenvalue weighted by atomic mass is 10.3. The van der Waals surface area contributed by atoms with Crippen molar-refractivity contribution in [2.24, 2.45) is 0 Å². The van der Waals surface area contributed by atoms with Gasteiger partial charge in [0, 0.05) is 5.69 Å². The Kier molecular flexibility index (Phi) is 6.00. The van der Waals surface area contributed by atoms with E-state index in [9.17, 15) is 18.0 Å². The quantitative estimate of drug-likeness (QED) is 0.626.